The lowest BCUT2D eigenvalue weighted by atomic mass is 10.1. The third kappa shape index (κ3) is 2.07. The molecular formula is C12H11BrClNO2. The van der Waals surface area contributed by atoms with Crippen LogP contribution in [0.2, 0.25) is 5.02 Å². The summed E-state index contributed by atoms with van der Waals surface area (Å²) >= 11 is 9.54. The van der Waals surface area contributed by atoms with Crippen molar-refractivity contribution in [3.63, 3.8) is 0 Å². The highest BCUT2D eigenvalue weighted by atomic mass is 79.9. The van der Waals surface area contributed by atoms with E-state index in [4.69, 9.17) is 16.7 Å². The van der Waals surface area contributed by atoms with Crippen molar-refractivity contribution >= 4 is 44.4 Å². The van der Waals surface area contributed by atoms with Gasteiger partial charge in [0.15, 0.2) is 0 Å². The Morgan fingerprint density at radius 2 is 2.12 bits per heavy atom. The van der Waals surface area contributed by atoms with Gasteiger partial charge in [-0.25, -0.2) is 4.79 Å². The van der Waals surface area contributed by atoms with Gasteiger partial charge in [-0.15, -0.1) is 0 Å². The first-order valence-corrected chi connectivity index (χ1v) is 6.31. The summed E-state index contributed by atoms with van der Waals surface area (Å²) in [4.78, 5) is 11.0. The van der Waals surface area contributed by atoms with Crippen molar-refractivity contribution < 1.29 is 9.90 Å². The number of hydrogen-bond donors (Lipinski definition) is 1. The van der Waals surface area contributed by atoms with Crippen molar-refractivity contribution in [1.82, 2.24) is 4.57 Å². The average molecular weight is 317 g/mol. The molecule has 0 atom stereocenters. The molecule has 2 aromatic rings. The number of halogens is 2. The molecule has 2 rings (SSSR count). The van der Waals surface area contributed by atoms with Gasteiger partial charge in [0.25, 0.3) is 0 Å². The molecule has 0 spiro atoms. The number of rotatable bonds is 2. The molecular weight excluding hydrogens is 305 g/mol. The summed E-state index contributed by atoms with van der Waals surface area (Å²) in [6, 6.07) is 3.46. The lowest BCUT2D eigenvalue weighted by Crippen LogP contribution is -2.00. The standard InChI is InChI=1S/C12H11BrClNO2/c1-6(2)15-5-10(14)8-3-7(12(16)17)4-9(13)11(8)15/h3-6H,1-2H3,(H,16,17). The number of carbonyl (C=O) groups is 1. The fraction of sp³-hybridized carbons (Fsp3) is 0.250. The molecule has 1 aromatic heterocycles. The summed E-state index contributed by atoms with van der Waals surface area (Å²) in [7, 11) is 0. The largest absolute Gasteiger partial charge is 0.478 e. The molecule has 0 aliphatic rings. The third-order valence-electron chi connectivity index (χ3n) is 2.63. The molecule has 0 saturated carbocycles. The van der Waals surface area contributed by atoms with E-state index >= 15 is 0 Å². The molecule has 0 bridgehead atoms. The second-order valence-corrected chi connectivity index (χ2v) is 5.40. The van der Waals surface area contributed by atoms with Gasteiger partial charge in [-0.1, -0.05) is 11.6 Å². The molecule has 5 heteroatoms. The van der Waals surface area contributed by atoms with Gasteiger partial charge < -0.3 is 9.67 Å². The first kappa shape index (κ1) is 12.5. The zero-order valence-electron chi connectivity index (χ0n) is 9.37. The fourth-order valence-electron chi connectivity index (χ4n) is 1.83. The van der Waals surface area contributed by atoms with Crippen LogP contribution >= 0.6 is 27.5 Å². The van der Waals surface area contributed by atoms with Crippen LogP contribution in [-0.4, -0.2) is 15.6 Å². The third-order valence-corrected chi connectivity index (χ3v) is 3.54. The Labute approximate surface area is 112 Å². The van der Waals surface area contributed by atoms with Crippen LogP contribution in [-0.2, 0) is 0 Å². The van der Waals surface area contributed by atoms with E-state index in [1.165, 1.54) is 0 Å². The molecule has 0 radical (unpaired) electrons. The smallest absolute Gasteiger partial charge is 0.335 e. The highest BCUT2D eigenvalue weighted by Gasteiger charge is 2.15. The van der Waals surface area contributed by atoms with Gasteiger partial charge >= 0.3 is 5.97 Å². The quantitative estimate of drug-likeness (QED) is 0.895. The van der Waals surface area contributed by atoms with Crippen LogP contribution in [0.1, 0.15) is 30.2 Å². The molecule has 1 N–H and O–H groups in total. The molecule has 3 nitrogen and oxygen atoms in total. The number of benzene rings is 1. The van der Waals surface area contributed by atoms with Crippen LogP contribution in [0.25, 0.3) is 10.9 Å². The van der Waals surface area contributed by atoms with Crippen LogP contribution < -0.4 is 0 Å². The Balaban J connectivity index is 2.83. The molecule has 0 aliphatic carbocycles. The Morgan fingerprint density at radius 1 is 1.47 bits per heavy atom. The molecule has 17 heavy (non-hydrogen) atoms. The van der Waals surface area contributed by atoms with Crippen LogP contribution in [0.5, 0.6) is 0 Å². The molecule has 0 amide bonds. The number of fused-ring (bicyclic) bond motifs is 1. The molecule has 1 aromatic carbocycles. The second kappa shape index (κ2) is 4.35. The van der Waals surface area contributed by atoms with Gasteiger partial charge in [-0.3, -0.25) is 0 Å². The fourth-order valence-corrected chi connectivity index (χ4v) is 2.74. The van der Waals surface area contributed by atoms with Gasteiger partial charge in [0.05, 0.1) is 16.1 Å². The minimum absolute atomic E-state index is 0.229. The summed E-state index contributed by atoms with van der Waals surface area (Å²) in [6.07, 6.45) is 1.83. The number of aromatic nitrogens is 1. The highest BCUT2D eigenvalue weighted by Crippen LogP contribution is 2.34. The van der Waals surface area contributed by atoms with Crippen LogP contribution in [0.3, 0.4) is 0 Å². The van der Waals surface area contributed by atoms with Crippen molar-refractivity contribution in [3.05, 3.63) is 33.4 Å². The van der Waals surface area contributed by atoms with Crippen molar-refractivity contribution in [3.8, 4) is 0 Å². The van der Waals surface area contributed by atoms with E-state index < -0.39 is 5.97 Å². The number of nitrogens with zero attached hydrogens (tertiary/aromatic N) is 1. The molecule has 0 saturated heterocycles. The Hall–Kier alpha value is -1.00. The summed E-state index contributed by atoms with van der Waals surface area (Å²) < 4.78 is 2.76. The van der Waals surface area contributed by atoms with Crippen molar-refractivity contribution in [2.75, 3.05) is 0 Å². The first-order chi connectivity index (χ1) is 7.91. The normalized spacial score (nSPS) is 11.4. The zero-order valence-corrected chi connectivity index (χ0v) is 11.7. The summed E-state index contributed by atoms with van der Waals surface area (Å²) in [5.74, 6) is -0.957. The van der Waals surface area contributed by atoms with Gasteiger partial charge in [0.2, 0.25) is 0 Å². The van der Waals surface area contributed by atoms with Crippen molar-refractivity contribution in [2.45, 2.75) is 19.9 Å². The van der Waals surface area contributed by atoms with Crippen molar-refractivity contribution in [2.24, 2.45) is 0 Å². The predicted molar refractivity (Wildman–Crippen MR) is 72.0 cm³/mol. The van der Waals surface area contributed by atoms with Gasteiger partial charge in [-0.05, 0) is 41.9 Å². The average Bonchev–Trinajstić information content (AvgIpc) is 2.57. The van der Waals surface area contributed by atoms with E-state index in [0.717, 1.165) is 15.4 Å². The predicted octanol–water partition coefficient (Wildman–Crippen LogP) is 4.34. The Bertz CT molecular complexity index is 604. The molecule has 0 unspecified atom stereocenters. The molecule has 0 aliphatic heterocycles. The maximum atomic E-state index is 11.0. The van der Waals surface area contributed by atoms with Crippen LogP contribution in [0.4, 0.5) is 0 Å². The second-order valence-electron chi connectivity index (χ2n) is 4.14. The minimum atomic E-state index is -0.957. The van der Waals surface area contributed by atoms with E-state index in [9.17, 15) is 4.79 Å². The van der Waals surface area contributed by atoms with Crippen LogP contribution in [0.15, 0.2) is 22.8 Å². The molecule has 1 heterocycles. The topological polar surface area (TPSA) is 42.2 Å². The SMILES string of the molecule is CC(C)n1cc(Cl)c2cc(C(=O)O)cc(Br)c21. The summed E-state index contributed by atoms with van der Waals surface area (Å²) in [6.45, 7) is 4.10. The number of hydrogen-bond acceptors (Lipinski definition) is 1. The van der Waals surface area contributed by atoms with Gasteiger partial charge in [-0.2, -0.15) is 0 Å². The van der Waals surface area contributed by atoms with E-state index in [1.54, 1.807) is 12.1 Å². The van der Waals surface area contributed by atoms with Gasteiger partial charge in [0.1, 0.15) is 0 Å². The van der Waals surface area contributed by atoms with E-state index in [0.29, 0.717) is 5.02 Å². The first-order valence-electron chi connectivity index (χ1n) is 5.14. The lowest BCUT2D eigenvalue weighted by Gasteiger charge is -2.10. The summed E-state index contributed by atoms with van der Waals surface area (Å²) in [5, 5.41) is 10.3. The molecule has 0 fully saturated rings. The van der Waals surface area contributed by atoms with Gasteiger partial charge in [0, 0.05) is 22.1 Å². The van der Waals surface area contributed by atoms with Crippen LogP contribution in [0, 0.1) is 0 Å². The Kier molecular flexibility index (Phi) is 3.19. The Morgan fingerprint density at radius 3 is 2.65 bits per heavy atom. The minimum Gasteiger partial charge on any atom is -0.478 e. The maximum absolute atomic E-state index is 11.0. The monoisotopic (exact) mass is 315 g/mol. The number of carboxylic acids is 1. The van der Waals surface area contributed by atoms with E-state index in [-0.39, 0.29) is 11.6 Å². The summed E-state index contributed by atoms with van der Waals surface area (Å²) in [5.41, 5.74) is 1.16. The highest BCUT2D eigenvalue weighted by molar-refractivity contribution is 9.10. The van der Waals surface area contributed by atoms with E-state index in [1.807, 2.05) is 24.6 Å². The number of carboxylic acid groups (broad SMARTS) is 1. The number of aromatic carboxylic acids is 1. The zero-order chi connectivity index (χ0) is 12.7. The molecule has 90 valence electrons. The lowest BCUT2D eigenvalue weighted by molar-refractivity contribution is 0.0697. The maximum Gasteiger partial charge on any atom is 0.335 e. The van der Waals surface area contributed by atoms with Crippen molar-refractivity contribution in [1.29, 1.82) is 0 Å². The van der Waals surface area contributed by atoms with E-state index in [2.05, 4.69) is 15.9 Å².